The summed E-state index contributed by atoms with van der Waals surface area (Å²) in [5.74, 6) is 0.274. The number of nitrogens with zero attached hydrogens (tertiary/aromatic N) is 1. The van der Waals surface area contributed by atoms with Crippen molar-refractivity contribution in [3.63, 3.8) is 0 Å². The molecule has 1 rings (SSSR count). The van der Waals surface area contributed by atoms with E-state index in [0.29, 0.717) is 12.1 Å². The average Bonchev–Trinajstić information content (AvgIpc) is 2.65. The summed E-state index contributed by atoms with van der Waals surface area (Å²) in [6.07, 6.45) is -0.305. The largest absolute Gasteiger partial charge is 0.392 e. The van der Waals surface area contributed by atoms with E-state index in [2.05, 4.69) is 11.4 Å². The molecule has 82 valence electrons. The lowest BCUT2D eigenvalue weighted by Crippen LogP contribution is -2.29. The molecule has 3 nitrogen and oxygen atoms in total. The Morgan fingerprint density at radius 1 is 1.60 bits per heavy atom. The number of aliphatic hydroxyl groups is 1. The summed E-state index contributed by atoms with van der Waals surface area (Å²) >= 11 is 1.57. The van der Waals surface area contributed by atoms with Crippen molar-refractivity contribution in [2.75, 3.05) is 6.54 Å². The van der Waals surface area contributed by atoms with Crippen molar-refractivity contribution in [1.82, 2.24) is 5.32 Å². The first-order chi connectivity index (χ1) is 7.13. The van der Waals surface area contributed by atoms with Crippen LogP contribution in [0.25, 0.3) is 0 Å². The Kier molecular flexibility index (Phi) is 4.76. The van der Waals surface area contributed by atoms with E-state index in [1.165, 1.54) is 0 Å². The molecule has 1 aromatic heterocycles. The lowest BCUT2D eigenvalue weighted by Gasteiger charge is -2.14. The smallest absolute Gasteiger partial charge is 0.100 e. The monoisotopic (exact) mass is 224 g/mol. The van der Waals surface area contributed by atoms with Crippen LogP contribution in [0.1, 0.15) is 24.3 Å². The number of thiophene rings is 1. The summed E-state index contributed by atoms with van der Waals surface area (Å²) in [5, 5.41) is 23.2. The highest BCUT2D eigenvalue weighted by molar-refractivity contribution is 7.10. The first-order valence-electron chi connectivity index (χ1n) is 4.99. The van der Waals surface area contributed by atoms with Gasteiger partial charge in [-0.05, 0) is 12.0 Å². The number of nitrogens with one attached hydrogen (secondary N) is 1. The van der Waals surface area contributed by atoms with Crippen LogP contribution in [-0.4, -0.2) is 17.8 Å². The maximum atomic E-state index is 9.54. The van der Waals surface area contributed by atoms with E-state index >= 15 is 0 Å². The number of rotatable bonds is 5. The van der Waals surface area contributed by atoms with Crippen LogP contribution in [0.2, 0.25) is 0 Å². The van der Waals surface area contributed by atoms with Gasteiger partial charge in [0.2, 0.25) is 0 Å². The maximum Gasteiger partial charge on any atom is 0.100 e. The second-order valence-corrected chi connectivity index (χ2v) is 4.85. The van der Waals surface area contributed by atoms with Gasteiger partial charge in [-0.25, -0.2) is 0 Å². The van der Waals surface area contributed by atoms with Crippen molar-refractivity contribution >= 4 is 11.3 Å². The van der Waals surface area contributed by atoms with Gasteiger partial charge in [0.25, 0.3) is 0 Å². The number of aliphatic hydroxyl groups excluding tert-OH is 1. The second kappa shape index (κ2) is 5.86. The fourth-order valence-corrected chi connectivity index (χ4v) is 1.89. The van der Waals surface area contributed by atoms with Crippen molar-refractivity contribution in [1.29, 1.82) is 5.26 Å². The molecule has 2 N–H and O–H groups in total. The molecule has 1 heterocycles. The van der Waals surface area contributed by atoms with E-state index < -0.39 is 0 Å². The molecule has 1 atom stereocenters. The Bertz CT molecular complexity index is 341. The number of hydrogen-bond donors (Lipinski definition) is 2. The van der Waals surface area contributed by atoms with Crippen molar-refractivity contribution in [2.24, 2.45) is 5.92 Å². The number of hydrogen-bond acceptors (Lipinski definition) is 4. The van der Waals surface area contributed by atoms with Gasteiger partial charge in [-0.3, -0.25) is 0 Å². The Labute approximate surface area is 94.4 Å². The Morgan fingerprint density at radius 2 is 2.33 bits per heavy atom. The minimum Gasteiger partial charge on any atom is -0.392 e. The molecule has 0 bridgehead atoms. The van der Waals surface area contributed by atoms with E-state index in [1.807, 2.05) is 25.3 Å². The van der Waals surface area contributed by atoms with Gasteiger partial charge in [0, 0.05) is 23.3 Å². The Balaban J connectivity index is 2.29. The molecule has 15 heavy (non-hydrogen) atoms. The minimum absolute atomic E-state index is 0.274. The van der Waals surface area contributed by atoms with Gasteiger partial charge in [-0.1, -0.05) is 13.8 Å². The third-order valence-corrected chi connectivity index (χ3v) is 3.14. The van der Waals surface area contributed by atoms with Gasteiger partial charge >= 0.3 is 0 Å². The standard InChI is InChI=1S/C11H16N2OS/c1-8(2)11(14)6-13-5-10-3-9(4-12)7-15-10/h3,7-8,11,13-14H,5-6H2,1-2H3. The lowest BCUT2D eigenvalue weighted by atomic mass is 10.1. The summed E-state index contributed by atoms with van der Waals surface area (Å²) in [7, 11) is 0. The van der Waals surface area contributed by atoms with Gasteiger partial charge in [0.15, 0.2) is 0 Å². The van der Waals surface area contributed by atoms with Crippen molar-refractivity contribution < 1.29 is 5.11 Å². The molecule has 4 heteroatoms. The normalized spacial score (nSPS) is 12.7. The van der Waals surface area contributed by atoms with E-state index in [1.54, 1.807) is 11.3 Å². The molecule has 0 aliphatic rings. The van der Waals surface area contributed by atoms with E-state index in [9.17, 15) is 5.11 Å². The van der Waals surface area contributed by atoms with Gasteiger partial charge in [-0.2, -0.15) is 5.26 Å². The van der Waals surface area contributed by atoms with Crippen LogP contribution in [-0.2, 0) is 6.54 Å². The maximum absolute atomic E-state index is 9.54. The third kappa shape index (κ3) is 4.00. The van der Waals surface area contributed by atoms with Crippen molar-refractivity contribution in [3.05, 3.63) is 21.9 Å². The van der Waals surface area contributed by atoms with Crippen LogP contribution in [0, 0.1) is 17.2 Å². The van der Waals surface area contributed by atoms with Crippen LogP contribution in [0.5, 0.6) is 0 Å². The zero-order chi connectivity index (χ0) is 11.3. The predicted molar refractivity (Wildman–Crippen MR) is 61.6 cm³/mol. The highest BCUT2D eigenvalue weighted by Crippen LogP contribution is 2.13. The molecular formula is C11H16N2OS. The molecule has 1 aromatic rings. The average molecular weight is 224 g/mol. The first kappa shape index (κ1) is 12.2. The van der Waals surface area contributed by atoms with Gasteiger partial charge in [0.1, 0.15) is 6.07 Å². The summed E-state index contributed by atoms with van der Waals surface area (Å²) < 4.78 is 0. The lowest BCUT2D eigenvalue weighted by molar-refractivity contribution is 0.123. The molecule has 0 amide bonds. The molecule has 1 unspecified atom stereocenters. The van der Waals surface area contributed by atoms with Gasteiger partial charge < -0.3 is 10.4 Å². The predicted octanol–water partition coefficient (Wildman–Crippen LogP) is 1.73. The molecule has 0 spiro atoms. The van der Waals surface area contributed by atoms with Crippen LogP contribution < -0.4 is 5.32 Å². The number of nitriles is 1. The summed E-state index contributed by atoms with van der Waals surface area (Å²) in [5.41, 5.74) is 0.709. The summed E-state index contributed by atoms with van der Waals surface area (Å²) in [6, 6.07) is 3.97. The van der Waals surface area contributed by atoms with Crippen LogP contribution in [0.3, 0.4) is 0 Å². The second-order valence-electron chi connectivity index (χ2n) is 3.86. The quantitative estimate of drug-likeness (QED) is 0.800. The molecule has 0 aliphatic heterocycles. The fourth-order valence-electron chi connectivity index (χ4n) is 1.11. The molecule has 0 radical (unpaired) electrons. The summed E-state index contributed by atoms with van der Waals surface area (Å²) in [4.78, 5) is 1.13. The molecule has 0 saturated heterocycles. The first-order valence-corrected chi connectivity index (χ1v) is 5.87. The van der Waals surface area contributed by atoms with Crippen molar-refractivity contribution in [2.45, 2.75) is 26.5 Å². The fraction of sp³-hybridized carbons (Fsp3) is 0.545. The zero-order valence-corrected chi connectivity index (χ0v) is 9.84. The highest BCUT2D eigenvalue weighted by atomic mass is 32.1. The van der Waals surface area contributed by atoms with Gasteiger partial charge in [0.05, 0.1) is 11.7 Å². The Hall–Kier alpha value is -0.890. The summed E-state index contributed by atoms with van der Waals surface area (Å²) in [6.45, 7) is 5.30. The van der Waals surface area contributed by atoms with E-state index in [0.717, 1.165) is 11.4 Å². The Morgan fingerprint density at radius 3 is 2.87 bits per heavy atom. The molecule has 0 aliphatic carbocycles. The molecule has 0 saturated carbocycles. The third-order valence-electron chi connectivity index (χ3n) is 2.21. The SMILES string of the molecule is CC(C)C(O)CNCc1cc(C#N)cs1. The van der Waals surface area contributed by atoms with E-state index in [4.69, 9.17) is 5.26 Å². The van der Waals surface area contributed by atoms with Crippen LogP contribution in [0.15, 0.2) is 11.4 Å². The van der Waals surface area contributed by atoms with Crippen LogP contribution in [0.4, 0.5) is 0 Å². The van der Waals surface area contributed by atoms with E-state index in [-0.39, 0.29) is 12.0 Å². The van der Waals surface area contributed by atoms with Crippen molar-refractivity contribution in [3.8, 4) is 6.07 Å². The molecule has 0 fully saturated rings. The zero-order valence-electron chi connectivity index (χ0n) is 9.03. The minimum atomic E-state index is -0.305. The molecular weight excluding hydrogens is 208 g/mol. The molecule has 0 aromatic carbocycles. The van der Waals surface area contributed by atoms with Crippen LogP contribution >= 0.6 is 11.3 Å². The van der Waals surface area contributed by atoms with Gasteiger partial charge in [-0.15, -0.1) is 11.3 Å². The topological polar surface area (TPSA) is 56.0 Å². The highest BCUT2D eigenvalue weighted by Gasteiger charge is 2.08.